The lowest BCUT2D eigenvalue weighted by Gasteiger charge is -2.04. The minimum Gasteiger partial charge on any atom is -0.356 e. The van der Waals surface area contributed by atoms with Crippen molar-refractivity contribution >= 4 is 44.0 Å². The van der Waals surface area contributed by atoms with E-state index in [0.29, 0.717) is 11.4 Å². The van der Waals surface area contributed by atoms with Crippen LogP contribution in [0.15, 0.2) is 34.5 Å². The number of H-pyrrole nitrogens is 1. The SMILES string of the molecule is O=C(Cc1cn2ccsc2n1)NNC(=O)c1cc(Br)c[nH]1. The quantitative estimate of drug-likeness (QED) is 0.612. The topological polar surface area (TPSA) is 91.3 Å². The van der Waals surface area contributed by atoms with Crippen molar-refractivity contribution in [1.82, 2.24) is 25.2 Å². The van der Waals surface area contributed by atoms with Crippen LogP contribution in [0, 0.1) is 0 Å². The molecule has 0 spiro atoms. The minimum absolute atomic E-state index is 0.100. The average Bonchev–Trinajstić information content (AvgIpc) is 3.11. The van der Waals surface area contributed by atoms with E-state index in [1.807, 2.05) is 16.0 Å². The Morgan fingerprint density at radius 3 is 3.00 bits per heavy atom. The van der Waals surface area contributed by atoms with Crippen molar-refractivity contribution in [2.75, 3.05) is 0 Å². The van der Waals surface area contributed by atoms with Crippen molar-refractivity contribution < 1.29 is 9.59 Å². The first-order chi connectivity index (χ1) is 10.1. The number of imidazole rings is 1. The number of carbonyl (C=O) groups is 2. The van der Waals surface area contributed by atoms with Gasteiger partial charge in [0.05, 0.1) is 12.1 Å². The first-order valence-electron chi connectivity index (χ1n) is 5.96. The Morgan fingerprint density at radius 1 is 1.43 bits per heavy atom. The third-order valence-electron chi connectivity index (χ3n) is 2.69. The normalized spacial score (nSPS) is 10.7. The predicted octanol–water partition coefficient (Wildman–Crippen LogP) is 1.49. The van der Waals surface area contributed by atoms with Crippen molar-refractivity contribution in [3.05, 3.63) is 45.9 Å². The number of halogens is 1. The van der Waals surface area contributed by atoms with Crippen LogP contribution in [0.1, 0.15) is 16.2 Å². The smallest absolute Gasteiger partial charge is 0.286 e. The van der Waals surface area contributed by atoms with Crippen molar-refractivity contribution in [2.24, 2.45) is 0 Å². The third kappa shape index (κ3) is 3.14. The van der Waals surface area contributed by atoms with E-state index in [2.05, 4.69) is 36.7 Å². The molecule has 3 aromatic heterocycles. The van der Waals surface area contributed by atoms with Crippen LogP contribution in [-0.2, 0) is 11.2 Å². The van der Waals surface area contributed by atoms with Gasteiger partial charge in [-0.05, 0) is 22.0 Å². The summed E-state index contributed by atoms with van der Waals surface area (Å²) in [5.74, 6) is -0.750. The van der Waals surface area contributed by atoms with Gasteiger partial charge in [-0.1, -0.05) is 0 Å². The van der Waals surface area contributed by atoms with Gasteiger partial charge in [0.25, 0.3) is 5.91 Å². The van der Waals surface area contributed by atoms with Crippen LogP contribution in [0.3, 0.4) is 0 Å². The number of nitrogens with one attached hydrogen (secondary N) is 3. The van der Waals surface area contributed by atoms with E-state index in [1.165, 1.54) is 11.3 Å². The Labute approximate surface area is 131 Å². The molecule has 3 rings (SSSR count). The molecule has 0 aliphatic carbocycles. The number of fused-ring (bicyclic) bond motifs is 1. The van der Waals surface area contributed by atoms with Crippen LogP contribution in [0.5, 0.6) is 0 Å². The highest BCUT2D eigenvalue weighted by Crippen LogP contribution is 2.12. The fourth-order valence-corrected chi connectivity index (χ4v) is 2.83. The van der Waals surface area contributed by atoms with E-state index in [4.69, 9.17) is 0 Å². The number of amides is 2. The number of aromatic amines is 1. The van der Waals surface area contributed by atoms with Crippen LogP contribution >= 0.6 is 27.3 Å². The zero-order valence-electron chi connectivity index (χ0n) is 10.6. The van der Waals surface area contributed by atoms with Crippen molar-refractivity contribution in [2.45, 2.75) is 6.42 Å². The summed E-state index contributed by atoms with van der Waals surface area (Å²) in [5, 5.41) is 1.92. The maximum Gasteiger partial charge on any atom is 0.286 e. The Bertz CT molecular complexity index is 777. The number of carbonyl (C=O) groups excluding carboxylic acids is 2. The zero-order chi connectivity index (χ0) is 14.8. The van der Waals surface area contributed by atoms with E-state index in [9.17, 15) is 9.59 Å². The molecular formula is C12H10BrN5O2S. The number of thiazole rings is 1. The first kappa shape index (κ1) is 13.8. The molecule has 0 radical (unpaired) electrons. The van der Waals surface area contributed by atoms with Gasteiger partial charge >= 0.3 is 0 Å². The standard InChI is InChI=1S/C12H10BrN5O2S/c13-7-3-9(14-5-7)11(20)17-16-10(19)4-8-6-18-1-2-21-12(18)15-8/h1-3,5-6,14H,4H2,(H,16,19)(H,17,20). The largest absolute Gasteiger partial charge is 0.356 e. The van der Waals surface area contributed by atoms with Gasteiger partial charge in [0.1, 0.15) is 5.69 Å². The molecule has 0 fully saturated rings. The Kier molecular flexibility index (Phi) is 3.76. The number of hydrogen-bond acceptors (Lipinski definition) is 4. The molecule has 3 heterocycles. The number of rotatable bonds is 3. The van der Waals surface area contributed by atoms with E-state index in [1.54, 1.807) is 18.5 Å². The Hall–Kier alpha value is -2.13. The molecule has 3 N–H and O–H groups in total. The molecule has 0 unspecified atom stereocenters. The summed E-state index contributed by atoms with van der Waals surface area (Å²) in [6.07, 6.45) is 5.40. The summed E-state index contributed by atoms with van der Waals surface area (Å²) in [5.41, 5.74) is 5.69. The van der Waals surface area contributed by atoms with Gasteiger partial charge in [-0.3, -0.25) is 24.8 Å². The molecule has 7 nitrogen and oxygen atoms in total. The molecule has 0 aliphatic heterocycles. The summed E-state index contributed by atoms with van der Waals surface area (Å²) in [6.45, 7) is 0. The van der Waals surface area contributed by atoms with Gasteiger partial charge in [-0.25, -0.2) is 4.98 Å². The highest BCUT2D eigenvalue weighted by atomic mass is 79.9. The van der Waals surface area contributed by atoms with Crippen LogP contribution in [0.2, 0.25) is 0 Å². The summed E-state index contributed by atoms with van der Waals surface area (Å²) >= 11 is 4.72. The second kappa shape index (κ2) is 5.70. The molecule has 0 aliphatic rings. The van der Waals surface area contributed by atoms with Crippen LogP contribution in [0.4, 0.5) is 0 Å². The minimum atomic E-state index is -0.417. The second-order valence-corrected chi connectivity index (χ2v) is 6.02. The van der Waals surface area contributed by atoms with E-state index in [0.717, 1.165) is 9.43 Å². The molecule has 21 heavy (non-hydrogen) atoms. The number of aromatic nitrogens is 3. The summed E-state index contributed by atoms with van der Waals surface area (Å²) in [7, 11) is 0. The fourth-order valence-electron chi connectivity index (χ4n) is 1.76. The second-order valence-electron chi connectivity index (χ2n) is 4.24. The summed E-state index contributed by atoms with van der Waals surface area (Å²) in [6, 6.07) is 1.62. The van der Waals surface area contributed by atoms with E-state index in [-0.39, 0.29) is 12.3 Å². The number of nitrogens with zero attached hydrogens (tertiary/aromatic N) is 2. The van der Waals surface area contributed by atoms with E-state index >= 15 is 0 Å². The van der Waals surface area contributed by atoms with Gasteiger partial charge in [-0.15, -0.1) is 11.3 Å². The van der Waals surface area contributed by atoms with Crippen molar-refractivity contribution in [3.8, 4) is 0 Å². The van der Waals surface area contributed by atoms with Gasteiger partial charge in [0.15, 0.2) is 4.96 Å². The number of hydrogen-bond donors (Lipinski definition) is 3. The molecule has 0 saturated carbocycles. The summed E-state index contributed by atoms with van der Waals surface area (Å²) < 4.78 is 2.61. The maximum atomic E-state index is 11.8. The molecular weight excluding hydrogens is 358 g/mol. The average molecular weight is 368 g/mol. The van der Waals surface area contributed by atoms with Crippen LogP contribution < -0.4 is 10.9 Å². The maximum absolute atomic E-state index is 11.8. The summed E-state index contributed by atoms with van der Waals surface area (Å²) in [4.78, 5) is 31.4. The van der Waals surface area contributed by atoms with E-state index < -0.39 is 5.91 Å². The van der Waals surface area contributed by atoms with Crippen molar-refractivity contribution in [3.63, 3.8) is 0 Å². The lowest BCUT2D eigenvalue weighted by atomic mass is 10.3. The van der Waals surface area contributed by atoms with Crippen LogP contribution in [0.25, 0.3) is 4.96 Å². The monoisotopic (exact) mass is 367 g/mol. The number of hydrazine groups is 1. The fraction of sp³-hybridized carbons (Fsp3) is 0.0833. The van der Waals surface area contributed by atoms with Crippen LogP contribution in [-0.4, -0.2) is 26.2 Å². The highest BCUT2D eigenvalue weighted by Gasteiger charge is 2.11. The van der Waals surface area contributed by atoms with Gasteiger partial charge in [0.2, 0.25) is 5.91 Å². The lowest BCUT2D eigenvalue weighted by Crippen LogP contribution is -2.42. The first-order valence-corrected chi connectivity index (χ1v) is 7.63. The molecule has 9 heteroatoms. The Morgan fingerprint density at radius 2 is 2.29 bits per heavy atom. The molecule has 0 atom stereocenters. The Balaban J connectivity index is 1.54. The van der Waals surface area contributed by atoms with Crippen molar-refractivity contribution in [1.29, 1.82) is 0 Å². The molecule has 3 aromatic rings. The highest BCUT2D eigenvalue weighted by molar-refractivity contribution is 9.10. The van der Waals surface area contributed by atoms with Gasteiger partial charge < -0.3 is 4.98 Å². The predicted molar refractivity (Wildman–Crippen MR) is 80.9 cm³/mol. The third-order valence-corrected chi connectivity index (χ3v) is 3.92. The molecule has 0 saturated heterocycles. The van der Waals surface area contributed by atoms with Gasteiger partial charge in [-0.2, -0.15) is 0 Å². The lowest BCUT2D eigenvalue weighted by molar-refractivity contribution is -0.121. The zero-order valence-corrected chi connectivity index (χ0v) is 13.0. The van der Waals surface area contributed by atoms with Gasteiger partial charge in [0, 0.05) is 28.4 Å². The molecule has 108 valence electrons. The molecule has 0 aromatic carbocycles. The molecule has 0 bridgehead atoms. The molecule has 2 amide bonds.